The minimum Gasteiger partial charge on any atom is -0.481 e. The fourth-order valence-electron chi connectivity index (χ4n) is 6.01. The van der Waals surface area contributed by atoms with E-state index in [0.29, 0.717) is 29.6 Å². The van der Waals surface area contributed by atoms with Crippen LogP contribution in [0.2, 0.25) is 0 Å². The highest BCUT2D eigenvalue weighted by Crippen LogP contribution is 2.69. The molecule has 3 saturated carbocycles. The van der Waals surface area contributed by atoms with E-state index in [-0.39, 0.29) is 18.3 Å². The molecule has 0 spiro atoms. The molecule has 0 aliphatic heterocycles. The van der Waals surface area contributed by atoms with Crippen molar-refractivity contribution in [1.29, 1.82) is 0 Å². The second kappa shape index (κ2) is 3.62. The van der Waals surface area contributed by atoms with Gasteiger partial charge in [0.2, 0.25) is 0 Å². The van der Waals surface area contributed by atoms with Gasteiger partial charge in [0.25, 0.3) is 0 Å². The van der Waals surface area contributed by atoms with Crippen LogP contribution < -0.4 is 0 Å². The molecule has 102 valence electrons. The number of hydrogen-bond acceptors (Lipinski definition) is 2. The molecule has 4 nitrogen and oxygen atoms in total. The van der Waals surface area contributed by atoms with Crippen LogP contribution in [0.3, 0.4) is 0 Å². The van der Waals surface area contributed by atoms with Gasteiger partial charge in [-0.05, 0) is 54.3 Å². The Morgan fingerprint density at radius 1 is 1.00 bits per heavy atom. The van der Waals surface area contributed by atoms with Gasteiger partial charge < -0.3 is 10.2 Å². The molecule has 0 aromatic rings. The Balaban J connectivity index is 1.69. The van der Waals surface area contributed by atoms with Crippen LogP contribution in [0.1, 0.15) is 19.3 Å². The monoisotopic (exact) mass is 262 g/mol. The van der Waals surface area contributed by atoms with E-state index in [9.17, 15) is 14.7 Å². The lowest BCUT2D eigenvalue weighted by molar-refractivity contribution is -0.149. The van der Waals surface area contributed by atoms with E-state index in [2.05, 4.69) is 12.2 Å². The van der Waals surface area contributed by atoms with Crippen molar-refractivity contribution in [2.75, 3.05) is 0 Å². The van der Waals surface area contributed by atoms with Gasteiger partial charge in [-0.3, -0.25) is 9.59 Å². The molecule has 4 aliphatic carbocycles. The maximum atomic E-state index is 11.6. The van der Waals surface area contributed by atoms with Crippen molar-refractivity contribution >= 4 is 11.9 Å². The SMILES string of the molecule is O=C(O)CC1C2CC(C1C(=O)O)C1C3C=CC(C3)C21. The van der Waals surface area contributed by atoms with Crippen LogP contribution >= 0.6 is 0 Å². The highest BCUT2D eigenvalue weighted by Gasteiger charge is 2.66. The van der Waals surface area contributed by atoms with E-state index in [0.717, 1.165) is 6.42 Å². The van der Waals surface area contributed by atoms with Gasteiger partial charge in [0.05, 0.1) is 5.92 Å². The Morgan fingerprint density at radius 3 is 2.21 bits per heavy atom. The fraction of sp³-hybridized carbons (Fsp3) is 0.733. The normalized spacial score (nSPS) is 52.6. The molecular formula is C15H18O4. The molecule has 0 amide bonds. The minimum atomic E-state index is -0.848. The van der Waals surface area contributed by atoms with Crippen molar-refractivity contribution in [3.63, 3.8) is 0 Å². The molecule has 19 heavy (non-hydrogen) atoms. The zero-order chi connectivity index (χ0) is 13.3. The molecular weight excluding hydrogens is 244 g/mol. The average Bonchev–Trinajstić information content (AvgIpc) is 3.04. The molecule has 8 atom stereocenters. The zero-order valence-electron chi connectivity index (χ0n) is 10.6. The standard InChI is InChI=1S/C15H18O4/c16-11(17)5-9-8-4-10(14(9)15(18)19)13-7-2-1-6(3-7)12(8)13/h1-2,6-10,12-14H,3-5H2,(H,16,17)(H,18,19). The molecule has 0 aromatic carbocycles. The van der Waals surface area contributed by atoms with Crippen LogP contribution in [0.5, 0.6) is 0 Å². The van der Waals surface area contributed by atoms with Gasteiger partial charge >= 0.3 is 11.9 Å². The van der Waals surface area contributed by atoms with Crippen LogP contribution in [0.4, 0.5) is 0 Å². The van der Waals surface area contributed by atoms with Crippen molar-refractivity contribution in [1.82, 2.24) is 0 Å². The van der Waals surface area contributed by atoms with Crippen LogP contribution in [0.15, 0.2) is 12.2 Å². The van der Waals surface area contributed by atoms with Crippen molar-refractivity contribution in [2.24, 2.45) is 47.3 Å². The molecule has 4 heteroatoms. The van der Waals surface area contributed by atoms with Crippen LogP contribution in [0.25, 0.3) is 0 Å². The predicted octanol–water partition coefficient (Wildman–Crippen LogP) is 1.87. The first kappa shape index (κ1) is 11.5. The Bertz CT molecular complexity index is 483. The fourth-order valence-corrected chi connectivity index (χ4v) is 6.01. The van der Waals surface area contributed by atoms with E-state index >= 15 is 0 Å². The summed E-state index contributed by atoms with van der Waals surface area (Å²) in [5, 5.41) is 18.6. The van der Waals surface area contributed by atoms with Gasteiger partial charge in [-0.1, -0.05) is 12.2 Å². The summed E-state index contributed by atoms with van der Waals surface area (Å²) >= 11 is 0. The van der Waals surface area contributed by atoms with Crippen molar-refractivity contribution in [2.45, 2.75) is 19.3 Å². The van der Waals surface area contributed by atoms with E-state index < -0.39 is 17.9 Å². The largest absolute Gasteiger partial charge is 0.481 e. The number of fused-ring (bicyclic) bond motifs is 9. The number of carboxylic acids is 2. The number of aliphatic carboxylic acids is 2. The molecule has 8 unspecified atom stereocenters. The van der Waals surface area contributed by atoms with Crippen molar-refractivity contribution in [3.05, 3.63) is 12.2 Å². The topological polar surface area (TPSA) is 74.6 Å². The van der Waals surface area contributed by atoms with Crippen molar-refractivity contribution < 1.29 is 19.8 Å². The highest BCUT2D eigenvalue weighted by molar-refractivity contribution is 5.74. The second-order valence-electron chi connectivity index (χ2n) is 6.79. The summed E-state index contributed by atoms with van der Waals surface area (Å²) in [6.45, 7) is 0. The number of hydrogen-bond donors (Lipinski definition) is 2. The number of carbonyl (C=O) groups is 2. The Hall–Kier alpha value is -1.32. The molecule has 0 heterocycles. The maximum absolute atomic E-state index is 11.6. The van der Waals surface area contributed by atoms with Crippen molar-refractivity contribution in [3.8, 4) is 0 Å². The van der Waals surface area contributed by atoms with Crippen LogP contribution in [-0.2, 0) is 9.59 Å². The van der Waals surface area contributed by atoms with E-state index in [1.807, 2.05) is 0 Å². The lowest BCUT2D eigenvalue weighted by Crippen LogP contribution is -2.41. The van der Waals surface area contributed by atoms with E-state index in [1.54, 1.807) is 0 Å². The quantitative estimate of drug-likeness (QED) is 0.601. The maximum Gasteiger partial charge on any atom is 0.307 e. The summed E-state index contributed by atoms with van der Waals surface area (Å²) in [4.78, 5) is 22.6. The second-order valence-corrected chi connectivity index (χ2v) is 6.79. The average molecular weight is 262 g/mol. The van der Waals surface area contributed by atoms with E-state index in [4.69, 9.17) is 5.11 Å². The van der Waals surface area contributed by atoms with Gasteiger partial charge in [-0.15, -0.1) is 0 Å². The van der Waals surface area contributed by atoms with Crippen LogP contribution in [0, 0.1) is 47.3 Å². The third-order valence-corrected chi connectivity index (χ3v) is 6.28. The predicted molar refractivity (Wildman–Crippen MR) is 66.2 cm³/mol. The summed E-state index contributed by atoms with van der Waals surface area (Å²) < 4.78 is 0. The number of carboxylic acid groups (broad SMARTS) is 2. The third kappa shape index (κ3) is 1.35. The lowest BCUT2D eigenvalue weighted by atomic mass is 9.64. The first-order chi connectivity index (χ1) is 9.08. The van der Waals surface area contributed by atoms with Gasteiger partial charge in [-0.2, -0.15) is 0 Å². The molecule has 0 aromatic heterocycles. The summed E-state index contributed by atoms with van der Waals surface area (Å²) in [5.41, 5.74) is 0. The molecule has 4 aliphatic rings. The van der Waals surface area contributed by atoms with Gasteiger partial charge in [-0.25, -0.2) is 0 Å². The lowest BCUT2D eigenvalue weighted by Gasteiger charge is -2.39. The summed E-state index contributed by atoms with van der Waals surface area (Å²) in [6.07, 6.45) is 6.72. The zero-order valence-corrected chi connectivity index (χ0v) is 10.6. The Kier molecular flexibility index (Phi) is 2.19. The van der Waals surface area contributed by atoms with Gasteiger partial charge in [0, 0.05) is 6.42 Å². The molecule has 4 rings (SSSR count). The molecule has 0 saturated heterocycles. The van der Waals surface area contributed by atoms with Crippen LogP contribution in [-0.4, -0.2) is 22.2 Å². The third-order valence-electron chi connectivity index (χ3n) is 6.28. The minimum absolute atomic E-state index is 0.0302. The molecule has 3 fully saturated rings. The summed E-state index contributed by atoms with van der Waals surface area (Å²) in [5.74, 6) is 0.607. The van der Waals surface area contributed by atoms with Gasteiger partial charge in [0.1, 0.15) is 0 Å². The number of allylic oxidation sites excluding steroid dienone is 2. The molecule has 4 bridgehead atoms. The first-order valence-corrected chi connectivity index (χ1v) is 7.21. The Labute approximate surface area is 111 Å². The summed E-state index contributed by atoms with van der Waals surface area (Å²) in [6, 6.07) is 0. The molecule has 2 N–H and O–H groups in total. The van der Waals surface area contributed by atoms with E-state index in [1.165, 1.54) is 6.42 Å². The van der Waals surface area contributed by atoms with Gasteiger partial charge in [0.15, 0.2) is 0 Å². The number of rotatable bonds is 3. The Morgan fingerprint density at radius 2 is 1.63 bits per heavy atom. The smallest absolute Gasteiger partial charge is 0.307 e. The molecule has 0 radical (unpaired) electrons. The summed E-state index contributed by atoms with van der Waals surface area (Å²) in [7, 11) is 0. The first-order valence-electron chi connectivity index (χ1n) is 7.21. The highest BCUT2D eigenvalue weighted by atomic mass is 16.4.